The first kappa shape index (κ1) is 18.1. The molecule has 0 aromatic heterocycles. The van der Waals surface area contributed by atoms with E-state index in [4.69, 9.17) is 15.9 Å². The number of terminal acetylenes is 1. The van der Waals surface area contributed by atoms with Crippen LogP contribution in [0.25, 0.3) is 0 Å². The molecule has 0 saturated heterocycles. The molecule has 0 aliphatic heterocycles. The summed E-state index contributed by atoms with van der Waals surface area (Å²) in [6, 6.07) is 6.98. The number of ether oxygens (including phenoxy) is 2. The second-order valence-electron chi connectivity index (χ2n) is 6.03. The number of amides is 1. The summed E-state index contributed by atoms with van der Waals surface area (Å²) in [6.45, 7) is 8.74. The van der Waals surface area contributed by atoms with Crippen molar-refractivity contribution in [2.45, 2.75) is 45.8 Å². The monoisotopic (exact) mass is 303 g/mol. The van der Waals surface area contributed by atoms with Gasteiger partial charge in [0.05, 0.1) is 6.10 Å². The van der Waals surface area contributed by atoms with Crippen LogP contribution in [0.1, 0.15) is 44.5 Å². The largest absolute Gasteiger partial charge is 0.481 e. The maximum Gasteiger partial charge on any atom is 0.251 e. The van der Waals surface area contributed by atoms with Gasteiger partial charge in [0, 0.05) is 17.7 Å². The molecule has 1 aromatic carbocycles. The Balaban J connectivity index is 2.61. The third kappa shape index (κ3) is 6.64. The molecule has 0 atom stereocenters. The third-order valence-corrected chi connectivity index (χ3v) is 3.05. The van der Waals surface area contributed by atoms with Crippen molar-refractivity contribution in [3.63, 3.8) is 0 Å². The van der Waals surface area contributed by atoms with Gasteiger partial charge >= 0.3 is 0 Å². The summed E-state index contributed by atoms with van der Waals surface area (Å²) in [5, 5.41) is 3.01. The maximum absolute atomic E-state index is 12.3. The van der Waals surface area contributed by atoms with Crippen molar-refractivity contribution in [1.29, 1.82) is 0 Å². The Bertz CT molecular complexity index is 529. The summed E-state index contributed by atoms with van der Waals surface area (Å²) in [5.41, 5.74) is 0.203. The topological polar surface area (TPSA) is 47.6 Å². The highest BCUT2D eigenvalue weighted by molar-refractivity contribution is 5.95. The summed E-state index contributed by atoms with van der Waals surface area (Å²) in [6.07, 6.45) is 6.09. The van der Waals surface area contributed by atoms with Crippen LogP contribution < -0.4 is 10.1 Å². The van der Waals surface area contributed by atoms with Gasteiger partial charge in [-0.15, -0.1) is 6.42 Å². The summed E-state index contributed by atoms with van der Waals surface area (Å²) >= 11 is 0. The standard InChI is InChI=1S/C18H25NO3/c1-6-11-22-16-9-7-8-15(13-16)17(20)19-18(4,5)10-12-21-14(2)3/h1,7-9,13-14H,10-12H2,2-5H3,(H,19,20). The molecule has 0 bridgehead atoms. The smallest absolute Gasteiger partial charge is 0.251 e. The molecule has 4 heteroatoms. The highest BCUT2D eigenvalue weighted by Gasteiger charge is 2.21. The van der Waals surface area contributed by atoms with E-state index in [1.165, 1.54) is 0 Å². The van der Waals surface area contributed by atoms with Gasteiger partial charge in [-0.3, -0.25) is 4.79 Å². The molecule has 1 amide bonds. The van der Waals surface area contributed by atoms with E-state index in [9.17, 15) is 4.79 Å². The lowest BCUT2D eigenvalue weighted by Gasteiger charge is -2.26. The van der Waals surface area contributed by atoms with Crippen LogP contribution in [-0.2, 0) is 4.74 Å². The molecule has 0 unspecified atom stereocenters. The number of rotatable bonds is 8. The van der Waals surface area contributed by atoms with Crippen molar-refractivity contribution in [3.05, 3.63) is 29.8 Å². The van der Waals surface area contributed by atoms with Gasteiger partial charge in [-0.05, 0) is 52.3 Å². The first-order chi connectivity index (χ1) is 10.3. The minimum atomic E-state index is -0.346. The van der Waals surface area contributed by atoms with Crippen LogP contribution in [0.5, 0.6) is 5.75 Å². The number of hydrogen-bond donors (Lipinski definition) is 1. The van der Waals surface area contributed by atoms with E-state index in [1.807, 2.05) is 27.7 Å². The number of carbonyl (C=O) groups excluding carboxylic acids is 1. The van der Waals surface area contributed by atoms with Crippen molar-refractivity contribution < 1.29 is 14.3 Å². The molecule has 0 aliphatic rings. The molecular weight excluding hydrogens is 278 g/mol. The van der Waals surface area contributed by atoms with Crippen molar-refractivity contribution in [2.24, 2.45) is 0 Å². The Kier molecular flexibility index (Phi) is 6.94. The summed E-state index contributed by atoms with van der Waals surface area (Å²) in [7, 11) is 0. The first-order valence-corrected chi connectivity index (χ1v) is 7.44. The molecule has 0 saturated carbocycles. The van der Waals surface area contributed by atoms with Crippen molar-refractivity contribution in [3.8, 4) is 18.1 Å². The zero-order valence-electron chi connectivity index (χ0n) is 13.8. The van der Waals surface area contributed by atoms with Gasteiger partial charge in [-0.25, -0.2) is 0 Å². The van der Waals surface area contributed by atoms with Crippen LogP contribution in [0, 0.1) is 12.3 Å². The number of carbonyl (C=O) groups is 1. The van der Waals surface area contributed by atoms with Crippen LogP contribution in [0.4, 0.5) is 0 Å². The second kappa shape index (κ2) is 8.45. The fraction of sp³-hybridized carbons (Fsp3) is 0.500. The van der Waals surface area contributed by atoms with Crippen molar-refractivity contribution >= 4 is 5.91 Å². The van der Waals surface area contributed by atoms with Gasteiger partial charge in [0.1, 0.15) is 12.4 Å². The fourth-order valence-electron chi connectivity index (χ4n) is 1.84. The lowest BCUT2D eigenvalue weighted by molar-refractivity contribution is 0.0614. The molecular formula is C18H25NO3. The molecule has 0 radical (unpaired) electrons. The quantitative estimate of drug-likeness (QED) is 0.751. The SMILES string of the molecule is C#CCOc1cccc(C(=O)NC(C)(C)CCOC(C)C)c1. The average Bonchev–Trinajstić information content (AvgIpc) is 2.44. The highest BCUT2D eigenvalue weighted by Crippen LogP contribution is 2.15. The van der Waals surface area contributed by atoms with Gasteiger partial charge in [0.2, 0.25) is 0 Å². The lowest BCUT2D eigenvalue weighted by atomic mass is 10.0. The Hall–Kier alpha value is -1.99. The molecule has 1 N–H and O–H groups in total. The van der Waals surface area contributed by atoms with E-state index < -0.39 is 0 Å². The second-order valence-corrected chi connectivity index (χ2v) is 6.03. The molecule has 1 rings (SSSR count). The summed E-state index contributed by atoms with van der Waals surface area (Å²) in [4.78, 5) is 12.3. The third-order valence-electron chi connectivity index (χ3n) is 3.05. The average molecular weight is 303 g/mol. The van der Waals surface area contributed by atoms with Crippen molar-refractivity contribution in [1.82, 2.24) is 5.32 Å². The van der Waals surface area contributed by atoms with Crippen LogP contribution >= 0.6 is 0 Å². The van der Waals surface area contributed by atoms with Crippen LogP contribution in [0.3, 0.4) is 0 Å². The van der Waals surface area contributed by atoms with Gasteiger partial charge in [-0.1, -0.05) is 12.0 Å². The minimum absolute atomic E-state index is 0.138. The highest BCUT2D eigenvalue weighted by atomic mass is 16.5. The minimum Gasteiger partial charge on any atom is -0.481 e. The van der Waals surface area contributed by atoms with Gasteiger partial charge in [-0.2, -0.15) is 0 Å². The molecule has 1 aromatic rings. The molecule has 4 nitrogen and oxygen atoms in total. The molecule has 0 fully saturated rings. The van der Waals surface area contributed by atoms with Crippen LogP contribution in [-0.4, -0.2) is 30.8 Å². The summed E-state index contributed by atoms with van der Waals surface area (Å²) < 4.78 is 10.9. The maximum atomic E-state index is 12.3. The Labute approximate surface area is 133 Å². The normalized spacial score (nSPS) is 11.1. The van der Waals surface area contributed by atoms with Crippen LogP contribution in [0.15, 0.2) is 24.3 Å². The van der Waals surface area contributed by atoms with Gasteiger partial charge in [0.15, 0.2) is 0 Å². The molecule has 22 heavy (non-hydrogen) atoms. The van der Waals surface area contributed by atoms with E-state index in [0.29, 0.717) is 17.9 Å². The summed E-state index contributed by atoms with van der Waals surface area (Å²) in [5.74, 6) is 2.85. The predicted molar refractivity (Wildman–Crippen MR) is 88.0 cm³/mol. The zero-order chi connectivity index (χ0) is 16.6. The Morgan fingerprint density at radius 2 is 2.14 bits per heavy atom. The first-order valence-electron chi connectivity index (χ1n) is 7.44. The van der Waals surface area contributed by atoms with E-state index in [-0.39, 0.29) is 24.2 Å². The number of hydrogen-bond acceptors (Lipinski definition) is 3. The van der Waals surface area contributed by atoms with E-state index in [0.717, 1.165) is 6.42 Å². The van der Waals surface area contributed by atoms with Crippen LogP contribution in [0.2, 0.25) is 0 Å². The Morgan fingerprint density at radius 3 is 2.77 bits per heavy atom. The molecule has 0 aliphatic carbocycles. The molecule has 0 heterocycles. The fourth-order valence-corrected chi connectivity index (χ4v) is 1.84. The molecule has 0 spiro atoms. The van der Waals surface area contributed by atoms with Gasteiger partial charge in [0.25, 0.3) is 5.91 Å². The lowest BCUT2D eigenvalue weighted by Crippen LogP contribution is -2.44. The zero-order valence-corrected chi connectivity index (χ0v) is 13.8. The number of benzene rings is 1. The van der Waals surface area contributed by atoms with Crippen molar-refractivity contribution in [2.75, 3.05) is 13.2 Å². The Morgan fingerprint density at radius 1 is 1.41 bits per heavy atom. The van der Waals surface area contributed by atoms with E-state index in [1.54, 1.807) is 24.3 Å². The number of nitrogens with one attached hydrogen (secondary N) is 1. The molecule has 120 valence electrons. The predicted octanol–water partition coefficient (Wildman–Crippen LogP) is 3.02. The van der Waals surface area contributed by atoms with E-state index >= 15 is 0 Å². The van der Waals surface area contributed by atoms with Gasteiger partial charge < -0.3 is 14.8 Å². The van der Waals surface area contributed by atoms with E-state index in [2.05, 4.69) is 11.2 Å².